The normalized spacial score (nSPS) is 13.9. The molecule has 1 aromatic carbocycles. The van der Waals surface area contributed by atoms with Crippen LogP contribution in [-0.2, 0) is 22.7 Å². The molecule has 0 unspecified atom stereocenters. The highest BCUT2D eigenvalue weighted by Gasteiger charge is 2.19. The van der Waals surface area contributed by atoms with Crippen molar-refractivity contribution < 1.29 is 9.53 Å². The molecule has 1 amide bonds. The van der Waals surface area contributed by atoms with Crippen molar-refractivity contribution in [1.82, 2.24) is 5.32 Å². The third-order valence-electron chi connectivity index (χ3n) is 3.43. The van der Waals surface area contributed by atoms with Gasteiger partial charge in [0.2, 0.25) is 5.91 Å². The van der Waals surface area contributed by atoms with Crippen molar-refractivity contribution in [2.75, 3.05) is 7.11 Å². The number of hydrogen-bond acceptors (Lipinski definition) is 3. The maximum absolute atomic E-state index is 11.9. The number of benzene rings is 1. The molecule has 0 heterocycles. The molecule has 2 atom stereocenters. The van der Waals surface area contributed by atoms with Gasteiger partial charge >= 0.3 is 0 Å². The number of carbonyl (C=O) groups is 1. The minimum atomic E-state index is -0.445. The lowest BCUT2D eigenvalue weighted by Gasteiger charge is -2.18. The summed E-state index contributed by atoms with van der Waals surface area (Å²) >= 11 is 0. The zero-order chi connectivity index (χ0) is 14.3. The van der Waals surface area contributed by atoms with E-state index in [-0.39, 0.29) is 11.8 Å². The zero-order valence-electron chi connectivity index (χ0n) is 12.0. The van der Waals surface area contributed by atoms with Crippen molar-refractivity contribution in [2.45, 2.75) is 39.5 Å². The van der Waals surface area contributed by atoms with Crippen molar-refractivity contribution in [3.63, 3.8) is 0 Å². The Balaban J connectivity index is 2.59. The standard InChI is InChI=1S/C15H24N2O2/c1-4-11(2)14(16)15(18)17-9-12-7-5-6-8-13(12)10-19-3/h5-8,11,14H,4,9-10,16H2,1-3H3,(H,17,18)/t11-,14-/m0/s1. The summed E-state index contributed by atoms with van der Waals surface area (Å²) in [6, 6.07) is 7.46. The van der Waals surface area contributed by atoms with Gasteiger partial charge in [-0.2, -0.15) is 0 Å². The average molecular weight is 264 g/mol. The third-order valence-corrected chi connectivity index (χ3v) is 3.43. The van der Waals surface area contributed by atoms with Crippen LogP contribution in [0.4, 0.5) is 0 Å². The van der Waals surface area contributed by atoms with Crippen molar-refractivity contribution in [3.8, 4) is 0 Å². The number of nitrogens with two attached hydrogens (primary N) is 1. The van der Waals surface area contributed by atoms with Crippen LogP contribution in [-0.4, -0.2) is 19.1 Å². The van der Waals surface area contributed by atoms with Crippen LogP contribution in [0.15, 0.2) is 24.3 Å². The Bertz CT molecular complexity index is 407. The monoisotopic (exact) mass is 264 g/mol. The molecule has 0 aliphatic carbocycles. The van der Waals surface area contributed by atoms with E-state index in [2.05, 4.69) is 5.32 Å². The molecule has 0 saturated heterocycles. The van der Waals surface area contributed by atoms with E-state index in [0.29, 0.717) is 13.2 Å². The molecule has 106 valence electrons. The van der Waals surface area contributed by atoms with Crippen molar-refractivity contribution >= 4 is 5.91 Å². The van der Waals surface area contributed by atoms with E-state index in [1.165, 1.54) is 0 Å². The highest BCUT2D eigenvalue weighted by molar-refractivity contribution is 5.81. The Labute approximate surface area is 115 Å². The number of methoxy groups -OCH3 is 1. The maximum Gasteiger partial charge on any atom is 0.237 e. The van der Waals surface area contributed by atoms with Gasteiger partial charge in [0.1, 0.15) is 0 Å². The molecule has 19 heavy (non-hydrogen) atoms. The third kappa shape index (κ3) is 4.65. The lowest BCUT2D eigenvalue weighted by atomic mass is 9.99. The summed E-state index contributed by atoms with van der Waals surface area (Å²) in [6.45, 7) is 5.06. The van der Waals surface area contributed by atoms with Crippen LogP contribution in [0.25, 0.3) is 0 Å². The number of amides is 1. The average Bonchev–Trinajstić information content (AvgIpc) is 2.44. The van der Waals surface area contributed by atoms with E-state index in [4.69, 9.17) is 10.5 Å². The lowest BCUT2D eigenvalue weighted by molar-refractivity contribution is -0.123. The predicted octanol–water partition coefficient (Wildman–Crippen LogP) is 1.82. The lowest BCUT2D eigenvalue weighted by Crippen LogP contribution is -2.44. The van der Waals surface area contributed by atoms with Crippen LogP contribution in [0, 0.1) is 5.92 Å². The Kier molecular flexibility index (Phi) is 6.53. The number of rotatable bonds is 7. The van der Waals surface area contributed by atoms with Crippen LogP contribution in [0.1, 0.15) is 31.4 Å². The molecule has 1 rings (SSSR count). The molecule has 0 saturated carbocycles. The van der Waals surface area contributed by atoms with Crippen molar-refractivity contribution in [2.24, 2.45) is 11.7 Å². The number of ether oxygens (including phenoxy) is 1. The Morgan fingerprint density at radius 3 is 2.58 bits per heavy atom. The van der Waals surface area contributed by atoms with Crippen LogP contribution < -0.4 is 11.1 Å². The van der Waals surface area contributed by atoms with Gasteiger partial charge in [-0.05, 0) is 17.0 Å². The highest BCUT2D eigenvalue weighted by atomic mass is 16.5. The predicted molar refractivity (Wildman–Crippen MR) is 76.4 cm³/mol. The molecule has 3 N–H and O–H groups in total. The first-order valence-electron chi connectivity index (χ1n) is 6.69. The van der Waals surface area contributed by atoms with E-state index in [0.717, 1.165) is 17.5 Å². The minimum absolute atomic E-state index is 0.0958. The van der Waals surface area contributed by atoms with Gasteiger partial charge in [-0.15, -0.1) is 0 Å². The van der Waals surface area contributed by atoms with Gasteiger partial charge in [-0.25, -0.2) is 0 Å². The molecular weight excluding hydrogens is 240 g/mol. The quantitative estimate of drug-likeness (QED) is 0.789. The largest absolute Gasteiger partial charge is 0.380 e. The molecule has 1 aromatic rings. The molecule has 0 aromatic heterocycles. The molecule has 0 aliphatic rings. The summed E-state index contributed by atoms with van der Waals surface area (Å²) in [6.07, 6.45) is 0.898. The summed E-state index contributed by atoms with van der Waals surface area (Å²) in [5.74, 6) is 0.0933. The smallest absolute Gasteiger partial charge is 0.237 e. The molecule has 0 fully saturated rings. The van der Waals surface area contributed by atoms with Gasteiger partial charge in [0, 0.05) is 13.7 Å². The van der Waals surface area contributed by atoms with E-state index in [1.54, 1.807) is 7.11 Å². The fourth-order valence-corrected chi connectivity index (χ4v) is 1.84. The molecule has 0 spiro atoms. The first kappa shape index (κ1) is 15.7. The van der Waals surface area contributed by atoms with E-state index < -0.39 is 6.04 Å². The van der Waals surface area contributed by atoms with Gasteiger partial charge in [-0.3, -0.25) is 4.79 Å². The SMILES string of the molecule is CC[C@H](C)[C@H](N)C(=O)NCc1ccccc1COC. The Hall–Kier alpha value is -1.39. The zero-order valence-corrected chi connectivity index (χ0v) is 12.0. The summed E-state index contributed by atoms with van der Waals surface area (Å²) in [7, 11) is 1.66. The Morgan fingerprint density at radius 2 is 2.00 bits per heavy atom. The summed E-state index contributed by atoms with van der Waals surface area (Å²) in [5, 5.41) is 2.89. The van der Waals surface area contributed by atoms with E-state index in [9.17, 15) is 4.79 Å². The van der Waals surface area contributed by atoms with Gasteiger partial charge in [0.15, 0.2) is 0 Å². The summed E-state index contributed by atoms with van der Waals surface area (Å²) in [5.41, 5.74) is 8.04. The second-order valence-corrected chi connectivity index (χ2v) is 4.83. The fourth-order valence-electron chi connectivity index (χ4n) is 1.84. The summed E-state index contributed by atoms with van der Waals surface area (Å²) in [4.78, 5) is 11.9. The van der Waals surface area contributed by atoms with Crippen LogP contribution in [0.3, 0.4) is 0 Å². The second-order valence-electron chi connectivity index (χ2n) is 4.83. The second kappa shape index (κ2) is 7.92. The van der Waals surface area contributed by atoms with Gasteiger partial charge in [0.25, 0.3) is 0 Å². The number of nitrogens with one attached hydrogen (secondary N) is 1. The topological polar surface area (TPSA) is 64.4 Å². The maximum atomic E-state index is 11.9. The summed E-state index contributed by atoms with van der Waals surface area (Å²) < 4.78 is 5.14. The molecule has 0 aliphatic heterocycles. The van der Waals surface area contributed by atoms with E-state index >= 15 is 0 Å². The van der Waals surface area contributed by atoms with Crippen molar-refractivity contribution in [3.05, 3.63) is 35.4 Å². The number of hydrogen-bond donors (Lipinski definition) is 2. The van der Waals surface area contributed by atoms with Crippen LogP contribution >= 0.6 is 0 Å². The first-order valence-corrected chi connectivity index (χ1v) is 6.69. The highest BCUT2D eigenvalue weighted by Crippen LogP contribution is 2.10. The molecule has 4 heteroatoms. The Morgan fingerprint density at radius 1 is 1.37 bits per heavy atom. The van der Waals surface area contributed by atoms with Gasteiger partial charge < -0.3 is 15.8 Å². The number of carbonyl (C=O) groups excluding carboxylic acids is 1. The van der Waals surface area contributed by atoms with Gasteiger partial charge in [-0.1, -0.05) is 44.5 Å². The van der Waals surface area contributed by atoms with Crippen LogP contribution in [0.2, 0.25) is 0 Å². The molecule has 4 nitrogen and oxygen atoms in total. The minimum Gasteiger partial charge on any atom is -0.380 e. The molecule has 0 bridgehead atoms. The van der Waals surface area contributed by atoms with Gasteiger partial charge in [0.05, 0.1) is 12.6 Å². The van der Waals surface area contributed by atoms with Crippen LogP contribution in [0.5, 0.6) is 0 Å². The van der Waals surface area contributed by atoms with Crippen molar-refractivity contribution in [1.29, 1.82) is 0 Å². The molecular formula is C15H24N2O2. The first-order chi connectivity index (χ1) is 9.10. The molecule has 0 radical (unpaired) electrons. The fraction of sp³-hybridized carbons (Fsp3) is 0.533. The van der Waals surface area contributed by atoms with E-state index in [1.807, 2.05) is 38.1 Å².